The fraction of sp³-hybridized carbons (Fsp3) is 0.174. The third-order valence-corrected chi connectivity index (χ3v) is 6.25. The van der Waals surface area contributed by atoms with Gasteiger partial charge in [0.1, 0.15) is 16.7 Å². The second kappa shape index (κ2) is 8.43. The molecule has 170 valence electrons. The highest BCUT2D eigenvalue weighted by atomic mass is 32.1. The Balaban J connectivity index is 1.74. The van der Waals surface area contributed by atoms with Gasteiger partial charge < -0.3 is 5.32 Å². The van der Waals surface area contributed by atoms with Crippen LogP contribution in [0.25, 0.3) is 21.3 Å². The number of carbonyl (C=O) groups is 1. The van der Waals surface area contributed by atoms with Gasteiger partial charge in [-0.05, 0) is 43.7 Å². The molecule has 4 aromatic rings. The van der Waals surface area contributed by atoms with Crippen LogP contribution in [0.1, 0.15) is 23.4 Å². The number of benzene rings is 2. The monoisotopic (exact) mass is 475 g/mol. The molecule has 1 N–H and O–H groups in total. The van der Waals surface area contributed by atoms with Gasteiger partial charge in [-0.2, -0.15) is 13.2 Å². The van der Waals surface area contributed by atoms with Gasteiger partial charge in [0.05, 0.1) is 23.0 Å². The molecule has 1 amide bonds. The van der Waals surface area contributed by atoms with Gasteiger partial charge in [0.15, 0.2) is 0 Å². The highest BCUT2D eigenvalue weighted by molar-refractivity contribution is 7.19. The Bertz CT molecular complexity index is 1410. The maximum absolute atomic E-state index is 13.4. The van der Waals surface area contributed by atoms with Gasteiger partial charge in [0.2, 0.25) is 5.91 Å². The molecule has 0 saturated carbocycles. The lowest BCUT2D eigenvalue weighted by atomic mass is 10.0. The topological polar surface area (TPSA) is 64.0 Å². The van der Waals surface area contributed by atoms with Gasteiger partial charge in [-0.3, -0.25) is 14.2 Å². The molecule has 0 aliphatic heterocycles. The SMILES string of the molecule is Cc1sc2ncn([C@@H](C)C(=O)Nc3ccccc3C(F)(F)F)c(=O)c2c1-c1ccc(F)cc1. The highest BCUT2D eigenvalue weighted by Crippen LogP contribution is 2.36. The van der Waals surface area contributed by atoms with Crippen molar-refractivity contribution < 1.29 is 22.4 Å². The number of para-hydroxylation sites is 1. The predicted octanol–water partition coefficient (Wildman–Crippen LogP) is 5.79. The number of hydrogen-bond acceptors (Lipinski definition) is 4. The summed E-state index contributed by atoms with van der Waals surface area (Å²) in [5, 5.41) is 2.53. The standard InChI is InChI=1S/C23H17F4N3O2S/c1-12(20(31)29-17-6-4-3-5-16(17)23(25,26)27)30-11-28-21-19(22(30)32)18(13(2)33-21)14-7-9-15(24)10-8-14/h3-12H,1-2H3,(H,29,31)/t12-/m0/s1. The number of nitrogens with one attached hydrogen (secondary N) is 1. The minimum atomic E-state index is -4.65. The number of nitrogens with zero attached hydrogens (tertiary/aromatic N) is 2. The first-order valence-corrected chi connectivity index (χ1v) is 10.6. The smallest absolute Gasteiger partial charge is 0.324 e. The zero-order valence-corrected chi connectivity index (χ0v) is 18.2. The van der Waals surface area contributed by atoms with Gasteiger partial charge in [0.25, 0.3) is 5.56 Å². The van der Waals surface area contributed by atoms with Crippen molar-refractivity contribution >= 4 is 33.1 Å². The highest BCUT2D eigenvalue weighted by Gasteiger charge is 2.34. The van der Waals surface area contributed by atoms with E-state index in [1.54, 1.807) is 19.1 Å². The second-order valence-electron chi connectivity index (χ2n) is 7.39. The molecule has 10 heteroatoms. The molecular formula is C23H17F4N3O2S. The van der Waals surface area contributed by atoms with E-state index < -0.39 is 40.8 Å². The zero-order chi connectivity index (χ0) is 23.9. The number of alkyl halides is 3. The molecular weight excluding hydrogens is 458 g/mol. The van der Waals surface area contributed by atoms with Gasteiger partial charge >= 0.3 is 6.18 Å². The Kier molecular flexibility index (Phi) is 5.79. The van der Waals surface area contributed by atoms with E-state index in [0.717, 1.165) is 21.6 Å². The maximum atomic E-state index is 13.4. The normalized spacial score (nSPS) is 12.7. The van der Waals surface area contributed by atoms with Crippen molar-refractivity contribution in [1.82, 2.24) is 9.55 Å². The van der Waals surface area contributed by atoms with Crippen molar-refractivity contribution in [1.29, 1.82) is 0 Å². The summed E-state index contributed by atoms with van der Waals surface area (Å²) in [6, 6.07) is 9.11. The Labute approximate surface area is 189 Å². The van der Waals surface area contributed by atoms with Crippen LogP contribution in [0.4, 0.5) is 23.2 Å². The number of rotatable bonds is 4. The summed E-state index contributed by atoms with van der Waals surface area (Å²) in [5.74, 6) is -1.22. The van der Waals surface area contributed by atoms with E-state index in [2.05, 4.69) is 10.3 Å². The molecule has 0 saturated heterocycles. The first-order chi connectivity index (χ1) is 15.6. The van der Waals surface area contributed by atoms with Crippen LogP contribution in [0.15, 0.2) is 59.7 Å². The number of fused-ring (bicyclic) bond motifs is 1. The van der Waals surface area contributed by atoms with Crippen molar-refractivity contribution in [3.8, 4) is 11.1 Å². The third-order valence-electron chi connectivity index (χ3n) is 5.23. The van der Waals surface area contributed by atoms with Crippen LogP contribution in [-0.4, -0.2) is 15.5 Å². The Hall–Kier alpha value is -3.53. The first-order valence-electron chi connectivity index (χ1n) is 9.81. The Morgan fingerprint density at radius 2 is 1.79 bits per heavy atom. The van der Waals surface area contributed by atoms with Crippen molar-refractivity contribution in [3.05, 3.63) is 81.5 Å². The number of thiophene rings is 1. The molecule has 5 nitrogen and oxygen atoms in total. The van der Waals surface area contributed by atoms with Crippen LogP contribution in [0.5, 0.6) is 0 Å². The Morgan fingerprint density at radius 3 is 2.45 bits per heavy atom. The molecule has 0 spiro atoms. The van der Waals surface area contributed by atoms with Crippen molar-refractivity contribution in [2.24, 2.45) is 0 Å². The lowest BCUT2D eigenvalue weighted by Gasteiger charge is -2.18. The molecule has 0 aliphatic rings. The van der Waals surface area contributed by atoms with Gasteiger partial charge in [-0.25, -0.2) is 9.37 Å². The molecule has 33 heavy (non-hydrogen) atoms. The van der Waals surface area contributed by atoms with E-state index in [9.17, 15) is 27.2 Å². The van der Waals surface area contributed by atoms with Crippen LogP contribution in [0.3, 0.4) is 0 Å². The number of carbonyl (C=O) groups excluding carboxylic acids is 1. The predicted molar refractivity (Wildman–Crippen MR) is 119 cm³/mol. The summed E-state index contributed by atoms with van der Waals surface area (Å²) in [6.45, 7) is 3.20. The first kappa shape index (κ1) is 22.7. The van der Waals surface area contributed by atoms with Gasteiger partial charge in [-0.15, -0.1) is 11.3 Å². The summed E-state index contributed by atoms with van der Waals surface area (Å²) in [5.41, 5.74) is -0.707. The quantitative estimate of drug-likeness (QED) is 0.380. The third kappa shape index (κ3) is 4.25. The van der Waals surface area contributed by atoms with Crippen LogP contribution >= 0.6 is 11.3 Å². The fourth-order valence-corrected chi connectivity index (χ4v) is 4.56. The van der Waals surface area contributed by atoms with E-state index in [1.165, 1.54) is 48.9 Å². The minimum Gasteiger partial charge on any atom is -0.324 e. The van der Waals surface area contributed by atoms with Gasteiger partial charge in [-0.1, -0.05) is 24.3 Å². The molecule has 0 fully saturated rings. The van der Waals surface area contributed by atoms with E-state index in [0.29, 0.717) is 16.0 Å². The molecule has 4 rings (SSSR count). The van der Waals surface area contributed by atoms with Crippen molar-refractivity contribution in [3.63, 3.8) is 0 Å². The summed E-state index contributed by atoms with van der Waals surface area (Å²) in [7, 11) is 0. The molecule has 2 aromatic carbocycles. The summed E-state index contributed by atoms with van der Waals surface area (Å²) in [6.07, 6.45) is -3.45. The number of aryl methyl sites for hydroxylation is 1. The van der Waals surface area contributed by atoms with Crippen LogP contribution in [0.2, 0.25) is 0 Å². The number of hydrogen-bond donors (Lipinski definition) is 1. The largest absolute Gasteiger partial charge is 0.418 e. The lowest BCUT2D eigenvalue weighted by Crippen LogP contribution is -2.32. The number of halogens is 4. The van der Waals surface area contributed by atoms with E-state index in [1.807, 2.05) is 0 Å². The minimum absolute atomic E-state index is 0.266. The average Bonchev–Trinajstić information content (AvgIpc) is 3.10. The Morgan fingerprint density at radius 1 is 1.12 bits per heavy atom. The molecule has 0 aliphatic carbocycles. The van der Waals surface area contributed by atoms with Gasteiger partial charge in [0, 0.05) is 10.4 Å². The number of aromatic nitrogens is 2. The molecule has 0 radical (unpaired) electrons. The van der Waals surface area contributed by atoms with Crippen LogP contribution < -0.4 is 10.9 Å². The lowest BCUT2D eigenvalue weighted by molar-refractivity contribution is -0.137. The number of amides is 1. The van der Waals surface area contributed by atoms with Crippen LogP contribution in [-0.2, 0) is 11.0 Å². The molecule has 2 aromatic heterocycles. The summed E-state index contributed by atoms with van der Waals surface area (Å²) in [4.78, 5) is 31.6. The fourth-order valence-electron chi connectivity index (χ4n) is 3.56. The van der Waals surface area contributed by atoms with E-state index in [4.69, 9.17) is 0 Å². The maximum Gasteiger partial charge on any atom is 0.418 e. The number of anilines is 1. The van der Waals surface area contributed by atoms with E-state index >= 15 is 0 Å². The van der Waals surface area contributed by atoms with Crippen molar-refractivity contribution in [2.75, 3.05) is 5.32 Å². The molecule has 0 bridgehead atoms. The molecule has 0 unspecified atom stereocenters. The summed E-state index contributed by atoms with van der Waals surface area (Å²) < 4.78 is 54.2. The molecule has 1 atom stereocenters. The average molecular weight is 475 g/mol. The zero-order valence-electron chi connectivity index (χ0n) is 17.4. The van der Waals surface area contributed by atoms with Crippen LogP contribution in [0, 0.1) is 12.7 Å². The van der Waals surface area contributed by atoms with Crippen molar-refractivity contribution in [2.45, 2.75) is 26.1 Å². The second-order valence-corrected chi connectivity index (χ2v) is 8.59. The summed E-state index contributed by atoms with van der Waals surface area (Å²) >= 11 is 1.28. The van der Waals surface area contributed by atoms with E-state index in [-0.39, 0.29) is 5.39 Å². The molecule has 2 heterocycles.